The Hall–Kier alpha value is -2.93. The molecular formula is C22H27N5OS. The fourth-order valence-electron chi connectivity index (χ4n) is 2.65. The fraction of sp³-hybridized carbons (Fsp3) is 0.318. The summed E-state index contributed by atoms with van der Waals surface area (Å²) >= 11 is 1.74. The lowest BCUT2D eigenvalue weighted by molar-refractivity contribution is 0.301. The molecule has 0 radical (unpaired) electrons. The van der Waals surface area contributed by atoms with E-state index in [9.17, 15) is 0 Å². The molecule has 0 saturated heterocycles. The molecule has 0 atom stereocenters. The van der Waals surface area contributed by atoms with Crippen molar-refractivity contribution in [1.82, 2.24) is 20.6 Å². The molecular weight excluding hydrogens is 382 g/mol. The summed E-state index contributed by atoms with van der Waals surface area (Å²) < 4.78 is 5.78. The van der Waals surface area contributed by atoms with Gasteiger partial charge in [0.15, 0.2) is 5.96 Å². The summed E-state index contributed by atoms with van der Waals surface area (Å²) in [5.41, 5.74) is 2.04. The smallest absolute Gasteiger partial charge is 0.191 e. The van der Waals surface area contributed by atoms with Gasteiger partial charge in [-0.3, -0.25) is 4.98 Å². The number of rotatable bonds is 9. The third-order valence-corrected chi connectivity index (χ3v) is 5.07. The minimum absolute atomic E-state index is 0.464. The summed E-state index contributed by atoms with van der Waals surface area (Å²) in [6, 6.07) is 13.8. The largest absolute Gasteiger partial charge is 0.487 e. The van der Waals surface area contributed by atoms with Crippen LogP contribution in [-0.4, -0.2) is 29.0 Å². The van der Waals surface area contributed by atoms with Crippen molar-refractivity contribution in [2.45, 2.75) is 33.4 Å². The number of hydrogen-bond acceptors (Lipinski definition) is 5. The first-order chi connectivity index (χ1) is 14.2. The molecule has 3 rings (SSSR count). The Kier molecular flexibility index (Phi) is 8.01. The number of nitrogens with one attached hydrogen (secondary N) is 2. The van der Waals surface area contributed by atoms with Gasteiger partial charge in [-0.15, -0.1) is 11.3 Å². The van der Waals surface area contributed by atoms with E-state index >= 15 is 0 Å². The van der Waals surface area contributed by atoms with Crippen LogP contribution >= 0.6 is 11.3 Å². The summed E-state index contributed by atoms with van der Waals surface area (Å²) in [6.07, 6.45) is 4.59. The van der Waals surface area contributed by atoms with Crippen LogP contribution in [0.15, 0.2) is 59.9 Å². The van der Waals surface area contributed by atoms with Crippen LogP contribution in [-0.2, 0) is 19.6 Å². The van der Waals surface area contributed by atoms with Crippen molar-refractivity contribution >= 4 is 17.3 Å². The van der Waals surface area contributed by atoms with Crippen LogP contribution in [0.4, 0.5) is 0 Å². The molecule has 0 spiro atoms. The molecule has 0 fully saturated rings. The van der Waals surface area contributed by atoms with E-state index in [1.54, 1.807) is 17.5 Å². The van der Waals surface area contributed by atoms with Gasteiger partial charge in [-0.05, 0) is 43.7 Å². The van der Waals surface area contributed by atoms with Crippen molar-refractivity contribution in [1.29, 1.82) is 0 Å². The lowest BCUT2D eigenvalue weighted by Gasteiger charge is -2.11. The number of thiazole rings is 1. The molecule has 6 nitrogen and oxygen atoms in total. The maximum absolute atomic E-state index is 5.78. The maximum Gasteiger partial charge on any atom is 0.191 e. The van der Waals surface area contributed by atoms with Crippen LogP contribution in [0.1, 0.15) is 28.1 Å². The monoisotopic (exact) mass is 409 g/mol. The molecule has 1 aromatic carbocycles. The summed E-state index contributed by atoms with van der Waals surface area (Å²) in [7, 11) is 0. The number of aryl methyl sites for hydroxylation is 1. The van der Waals surface area contributed by atoms with E-state index in [0.29, 0.717) is 13.2 Å². The van der Waals surface area contributed by atoms with Crippen molar-refractivity contribution in [2.24, 2.45) is 4.99 Å². The highest BCUT2D eigenvalue weighted by Crippen LogP contribution is 2.14. The second kappa shape index (κ2) is 11.2. The van der Waals surface area contributed by atoms with Crippen LogP contribution < -0.4 is 15.4 Å². The normalized spacial score (nSPS) is 11.3. The molecule has 2 aromatic heterocycles. The lowest BCUT2D eigenvalue weighted by atomic mass is 10.2. The molecule has 3 aromatic rings. The Morgan fingerprint density at radius 3 is 2.66 bits per heavy atom. The van der Waals surface area contributed by atoms with Gasteiger partial charge in [-0.2, -0.15) is 0 Å². The minimum Gasteiger partial charge on any atom is -0.487 e. The summed E-state index contributed by atoms with van der Waals surface area (Å²) in [5, 5.41) is 7.80. The van der Waals surface area contributed by atoms with Crippen molar-refractivity contribution in [2.75, 3.05) is 13.1 Å². The van der Waals surface area contributed by atoms with Gasteiger partial charge in [-0.1, -0.05) is 18.2 Å². The number of aliphatic imine (C=N–C) groups is 1. The number of nitrogens with zero attached hydrogens (tertiary/aromatic N) is 3. The zero-order chi connectivity index (χ0) is 20.3. The zero-order valence-corrected chi connectivity index (χ0v) is 17.7. The Morgan fingerprint density at radius 2 is 1.97 bits per heavy atom. The topological polar surface area (TPSA) is 71.4 Å². The van der Waals surface area contributed by atoms with E-state index in [1.807, 2.05) is 48.7 Å². The average Bonchev–Trinajstić information content (AvgIpc) is 3.17. The van der Waals surface area contributed by atoms with Gasteiger partial charge in [0.05, 0.1) is 17.2 Å². The first kappa shape index (κ1) is 20.8. The van der Waals surface area contributed by atoms with Gasteiger partial charge < -0.3 is 15.4 Å². The number of pyridine rings is 1. The van der Waals surface area contributed by atoms with Crippen LogP contribution in [0.5, 0.6) is 5.75 Å². The highest BCUT2D eigenvalue weighted by Gasteiger charge is 2.02. The van der Waals surface area contributed by atoms with Gasteiger partial charge >= 0.3 is 0 Å². The van der Waals surface area contributed by atoms with E-state index in [2.05, 4.69) is 39.4 Å². The van der Waals surface area contributed by atoms with E-state index in [-0.39, 0.29) is 0 Å². The Bertz CT molecular complexity index is 893. The summed E-state index contributed by atoms with van der Waals surface area (Å²) in [6.45, 7) is 6.84. The molecule has 0 aliphatic carbocycles. The molecule has 0 unspecified atom stereocenters. The predicted molar refractivity (Wildman–Crippen MR) is 118 cm³/mol. The summed E-state index contributed by atoms with van der Waals surface area (Å²) in [4.78, 5) is 14.6. The van der Waals surface area contributed by atoms with Gasteiger partial charge in [0.25, 0.3) is 0 Å². The number of aromatic nitrogens is 2. The first-order valence-corrected chi connectivity index (χ1v) is 10.6. The van der Waals surface area contributed by atoms with Gasteiger partial charge in [0, 0.05) is 36.8 Å². The zero-order valence-electron chi connectivity index (χ0n) is 16.9. The summed E-state index contributed by atoms with van der Waals surface area (Å²) in [5.74, 6) is 1.64. The highest BCUT2D eigenvalue weighted by atomic mass is 32.1. The predicted octanol–water partition coefficient (Wildman–Crippen LogP) is 3.72. The van der Waals surface area contributed by atoms with Crippen molar-refractivity contribution < 1.29 is 4.74 Å². The Morgan fingerprint density at radius 1 is 1.10 bits per heavy atom. The number of benzene rings is 1. The fourth-order valence-corrected chi connectivity index (χ4v) is 3.44. The number of ether oxygens (including phenoxy) is 1. The van der Waals surface area contributed by atoms with Gasteiger partial charge in [-0.25, -0.2) is 9.98 Å². The van der Waals surface area contributed by atoms with Gasteiger partial charge in [0.2, 0.25) is 0 Å². The lowest BCUT2D eigenvalue weighted by Crippen LogP contribution is -2.38. The molecule has 0 saturated carbocycles. The molecule has 0 bridgehead atoms. The first-order valence-electron chi connectivity index (χ1n) is 9.78. The number of hydrogen-bond donors (Lipinski definition) is 2. The Labute approximate surface area is 176 Å². The standard InChI is InChI=1S/C22H27N5OS/c1-3-23-22(25-13-11-21-26-14-17(2)29-21)27-15-18-7-9-20(10-8-18)28-16-19-6-4-5-12-24-19/h4-10,12,14H,3,11,13,15-16H2,1-2H3,(H2,23,25,27). The van der Waals surface area contributed by atoms with Crippen molar-refractivity contribution in [3.05, 3.63) is 76.0 Å². The molecule has 2 heterocycles. The van der Waals surface area contributed by atoms with Gasteiger partial charge in [0.1, 0.15) is 12.4 Å². The molecule has 29 heavy (non-hydrogen) atoms. The van der Waals surface area contributed by atoms with Crippen LogP contribution in [0.25, 0.3) is 0 Å². The SMILES string of the molecule is CCNC(=NCc1ccc(OCc2ccccn2)cc1)NCCc1ncc(C)s1. The van der Waals surface area contributed by atoms with E-state index in [4.69, 9.17) is 4.74 Å². The molecule has 0 aliphatic rings. The molecule has 0 amide bonds. The third-order valence-electron chi connectivity index (χ3n) is 4.10. The molecule has 7 heteroatoms. The Balaban J connectivity index is 1.47. The van der Waals surface area contributed by atoms with Crippen LogP contribution in [0.3, 0.4) is 0 Å². The third kappa shape index (κ3) is 7.19. The quantitative estimate of drug-likeness (QED) is 0.416. The molecule has 0 aliphatic heterocycles. The van der Waals surface area contributed by atoms with Crippen molar-refractivity contribution in [3.8, 4) is 5.75 Å². The number of guanidine groups is 1. The second-order valence-electron chi connectivity index (χ2n) is 6.49. The van der Waals surface area contributed by atoms with E-state index in [1.165, 1.54) is 4.88 Å². The van der Waals surface area contributed by atoms with E-state index < -0.39 is 0 Å². The van der Waals surface area contributed by atoms with Crippen LogP contribution in [0, 0.1) is 6.92 Å². The molecule has 2 N–H and O–H groups in total. The minimum atomic E-state index is 0.464. The highest BCUT2D eigenvalue weighted by molar-refractivity contribution is 7.11. The average molecular weight is 410 g/mol. The maximum atomic E-state index is 5.78. The van der Waals surface area contributed by atoms with E-state index in [0.717, 1.165) is 47.5 Å². The molecule has 152 valence electrons. The second-order valence-corrected chi connectivity index (χ2v) is 7.81. The van der Waals surface area contributed by atoms with Crippen molar-refractivity contribution in [3.63, 3.8) is 0 Å². The van der Waals surface area contributed by atoms with Crippen LogP contribution in [0.2, 0.25) is 0 Å².